The summed E-state index contributed by atoms with van der Waals surface area (Å²) in [5.74, 6) is 1.16. The van der Waals surface area contributed by atoms with E-state index in [9.17, 15) is 9.50 Å². The lowest BCUT2D eigenvalue weighted by atomic mass is 10.2. The smallest absolute Gasteiger partial charge is 0.229 e. The number of aliphatic hydroxyl groups is 1. The summed E-state index contributed by atoms with van der Waals surface area (Å²) in [5, 5.41) is 16.3. The van der Waals surface area contributed by atoms with Gasteiger partial charge in [0.15, 0.2) is 11.6 Å². The summed E-state index contributed by atoms with van der Waals surface area (Å²) in [6, 6.07) is 4.37. The van der Waals surface area contributed by atoms with E-state index in [0.717, 1.165) is 18.9 Å². The highest BCUT2D eigenvalue weighted by Crippen LogP contribution is 2.26. The number of fused-ring (bicyclic) bond motifs is 2. The van der Waals surface area contributed by atoms with E-state index in [2.05, 4.69) is 30.5 Å². The molecule has 3 aliphatic rings. The van der Waals surface area contributed by atoms with Gasteiger partial charge in [0.25, 0.3) is 0 Å². The van der Waals surface area contributed by atoms with Gasteiger partial charge in [-0.3, -0.25) is 0 Å². The summed E-state index contributed by atoms with van der Waals surface area (Å²) in [6.07, 6.45) is 5.93. The second-order valence-corrected chi connectivity index (χ2v) is 7.82. The Kier molecular flexibility index (Phi) is 5.71. The average Bonchev–Trinajstić information content (AvgIpc) is 3.27. The molecule has 3 saturated heterocycles. The third-order valence-corrected chi connectivity index (χ3v) is 5.72. The zero-order valence-electron chi connectivity index (χ0n) is 16.0. The van der Waals surface area contributed by atoms with Crippen molar-refractivity contribution >= 4 is 35.7 Å². The molecule has 2 aromatic heterocycles. The highest BCUT2D eigenvalue weighted by atomic mass is 35.5. The average molecular weight is 422 g/mol. The molecule has 3 aliphatic heterocycles. The quantitative estimate of drug-likeness (QED) is 0.687. The Labute approximate surface area is 175 Å². The van der Waals surface area contributed by atoms with Gasteiger partial charge < -0.3 is 25.5 Å². The van der Waals surface area contributed by atoms with Gasteiger partial charge in [-0.2, -0.15) is 4.98 Å². The number of nitrogens with zero attached hydrogens (tertiary/aromatic N) is 5. The van der Waals surface area contributed by atoms with Crippen molar-refractivity contribution < 1.29 is 9.50 Å². The Balaban J connectivity index is 0.00000205. The van der Waals surface area contributed by atoms with Crippen molar-refractivity contribution in [1.82, 2.24) is 20.3 Å². The molecule has 0 radical (unpaired) electrons. The van der Waals surface area contributed by atoms with Gasteiger partial charge in [0.05, 0.1) is 18.0 Å². The van der Waals surface area contributed by atoms with Crippen LogP contribution < -0.4 is 20.4 Å². The summed E-state index contributed by atoms with van der Waals surface area (Å²) in [4.78, 5) is 17.2. The van der Waals surface area contributed by atoms with Crippen LogP contribution in [0.1, 0.15) is 19.3 Å². The normalized spacial score (nSPS) is 25.8. The Morgan fingerprint density at radius 1 is 1.10 bits per heavy atom. The number of anilines is 4. The lowest BCUT2D eigenvalue weighted by Crippen LogP contribution is -2.51. The molecule has 0 aliphatic carbocycles. The molecule has 0 amide bonds. The largest absolute Gasteiger partial charge is 0.391 e. The molecule has 3 N–H and O–H groups in total. The maximum atomic E-state index is 14.5. The number of nitrogens with one attached hydrogen (secondary N) is 2. The lowest BCUT2D eigenvalue weighted by Gasteiger charge is -2.33. The third kappa shape index (κ3) is 4.22. The van der Waals surface area contributed by atoms with Crippen LogP contribution in [-0.4, -0.2) is 64.4 Å². The Morgan fingerprint density at radius 2 is 1.90 bits per heavy atom. The SMILES string of the molecule is Cl.O[C@@H]1CCN(c2ncc(Nc3nccc(N4C[C@H]5CC[C@@H](C4)N5)n3)cc2F)C1. The van der Waals surface area contributed by atoms with Crippen LogP contribution in [0.25, 0.3) is 0 Å². The standard InChI is InChI=1S/C19H24FN7O.ClH/c20-16-7-14(8-22-18(16)26-6-4-15(28)11-26)24-19-21-5-3-17(25-19)27-9-12-1-2-13(10-27)23-12;/h3,5,7-8,12-13,15,23,28H,1-2,4,6,9-11H2,(H,21,24,25);1H/t12-,13+,15-;/m1./s1. The fourth-order valence-electron chi connectivity index (χ4n) is 4.36. The van der Waals surface area contributed by atoms with Crippen LogP contribution in [0, 0.1) is 5.82 Å². The highest BCUT2D eigenvalue weighted by molar-refractivity contribution is 5.85. The van der Waals surface area contributed by atoms with Crippen LogP contribution in [0.2, 0.25) is 0 Å². The molecule has 8 nitrogen and oxygen atoms in total. The van der Waals surface area contributed by atoms with Gasteiger partial charge in [-0.15, -0.1) is 12.4 Å². The molecule has 2 aromatic rings. The molecule has 29 heavy (non-hydrogen) atoms. The molecule has 156 valence electrons. The minimum Gasteiger partial charge on any atom is -0.391 e. The molecule has 5 rings (SSSR count). The molecule has 5 heterocycles. The maximum Gasteiger partial charge on any atom is 0.229 e. The lowest BCUT2D eigenvalue weighted by molar-refractivity contribution is 0.198. The van der Waals surface area contributed by atoms with E-state index in [4.69, 9.17) is 0 Å². The van der Waals surface area contributed by atoms with Crippen LogP contribution in [-0.2, 0) is 0 Å². The molecule has 0 saturated carbocycles. The van der Waals surface area contributed by atoms with Gasteiger partial charge >= 0.3 is 0 Å². The summed E-state index contributed by atoms with van der Waals surface area (Å²) in [7, 11) is 0. The summed E-state index contributed by atoms with van der Waals surface area (Å²) >= 11 is 0. The Morgan fingerprint density at radius 3 is 2.59 bits per heavy atom. The summed E-state index contributed by atoms with van der Waals surface area (Å²) in [5.41, 5.74) is 0.499. The van der Waals surface area contributed by atoms with Crippen molar-refractivity contribution in [3.05, 3.63) is 30.3 Å². The van der Waals surface area contributed by atoms with E-state index in [1.807, 2.05) is 6.07 Å². The molecule has 0 spiro atoms. The number of halogens is 2. The molecule has 10 heteroatoms. The van der Waals surface area contributed by atoms with Crippen molar-refractivity contribution in [2.24, 2.45) is 0 Å². The van der Waals surface area contributed by atoms with Crippen molar-refractivity contribution in [3.63, 3.8) is 0 Å². The number of hydrogen-bond donors (Lipinski definition) is 3. The van der Waals surface area contributed by atoms with E-state index >= 15 is 0 Å². The molecule has 0 unspecified atom stereocenters. The van der Waals surface area contributed by atoms with Crippen LogP contribution >= 0.6 is 12.4 Å². The number of pyridine rings is 1. The first-order chi connectivity index (χ1) is 13.6. The van der Waals surface area contributed by atoms with Gasteiger partial charge in [0.2, 0.25) is 5.95 Å². The minimum absolute atomic E-state index is 0. The summed E-state index contributed by atoms with van der Waals surface area (Å²) in [6.45, 7) is 2.91. The predicted octanol–water partition coefficient (Wildman–Crippen LogP) is 1.69. The monoisotopic (exact) mass is 421 g/mol. The van der Waals surface area contributed by atoms with Gasteiger partial charge in [-0.25, -0.2) is 14.4 Å². The number of aromatic nitrogens is 3. The van der Waals surface area contributed by atoms with Crippen molar-refractivity contribution in [2.45, 2.75) is 37.5 Å². The van der Waals surface area contributed by atoms with Crippen molar-refractivity contribution in [3.8, 4) is 0 Å². The highest BCUT2D eigenvalue weighted by Gasteiger charge is 2.32. The molecule has 2 bridgehead atoms. The van der Waals surface area contributed by atoms with Crippen LogP contribution in [0.5, 0.6) is 0 Å². The van der Waals surface area contributed by atoms with Crippen molar-refractivity contribution in [2.75, 3.05) is 41.3 Å². The van der Waals surface area contributed by atoms with E-state index in [0.29, 0.717) is 43.2 Å². The van der Waals surface area contributed by atoms with E-state index in [1.165, 1.54) is 18.9 Å². The second-order valence-electron chi connectivity index (χ2n) is 7.82. The zero-order chi connectivity index (χ0) is 19.1. The molecule has 3 fully saturated rings. The molecular formula is C19H25ClFN7O. The van der Waals surface area contributed by atoms with Crippen LogP contribution in [0.3, 0.4) is 0 Å². The van der Waals surface area contributed by atoms with Gasteiger partial charge in [0, 0.05) is 50.5 Å². The molecular weight excluding hydrogens is 397 g/mol. The first-order valence-electron chi connectivity index (χ1n) is 9.84. The number of β-amino-alcohol motifs (C(OH)–C–C–N with tert-alkyl or cyclic N) is 1. The molecule has 3 atom stereocenters. The Hall–Kier alpha value is -2.23. The Bertz CT molecular complexity index is 860. The number of hydrogen-bond acceptors (Lipinski definition) is 8. The predicted molar refractivity (Wildman–Crippen MR) is 112 cm³/mol. The fraction of sp³-hybridized carbons (Fsp3) is 0.526. The first kappa shape index (κ1) is 20.1. The number of piperazine rings is 1. The van der Waals surface area contributed by atoms with Crippen LogP contribution in [0.15, 0.2) is 24.5 Å². The topological polar surface area (TPSA) is 89.4 Å². The number of rotatable bonds is 4. The van der Waals surface area contributed by atoms with Gasteiger partial charge in [-0.05, 0) is 25.3 Å². The fourth-order valence-corrected chi connectivity index (χ4v) is 4.36. The van der Waals surface area contributed by atoms with Gasteiger partial charge in [0.1, 0.15) is 5.82 Å². The molecule has 0 aromatic carbocycles. The second kappa shape index (κ2) is 8.25. The first-order valence-corrected chi connectivity index (χ1v) is 9.84. The third-order valence-electron chi connectivity index (χ3n) is 5.72. The van der Waals surface area contributed by atoms with Crippen molar-refractivity contribution in [1.29, 1.82) is 0 Å². The van der Waals surface area contributed by atoms with Gasteiger partial charge in [-0.1, -0.05) is 0 Å². The van der Waals surface area contributed by atoms with E-state index in [1.54, 1.807) is 17.3 Å². The van der Waals surface area contributed by atoms with Crippen LogP contribution in [0.4, 0.5) is 27.7 Å². The maximum absolute atomic E-state index is 14.5. The minimum atomic E-state index is -0.422. The van der Waals surface area contributed by atoms with E-state index < -0.39 is 11.9 Å². The summed E-state index contributed by atoms with van der Waals surface area (Å²) < 4.78 is 14.5. The zero-order valence-corrected chi connectivity index (χ0v) is 16.8. The number of aliphatic hydroxyl groups excluding tert-OH is 1. The van der Waals surface area contributed by atoms with E-state index in [-0.39, 0.29) is 18.2 Å².